The molecule has 0 fully saturated rings. The van der Waals surface area contributed by atoms with Crippen LogP contribution in [0.4, 0.5) is 0 Å². The molecule has 0 aromatic heterocycles. The fourth-order valence-electron chi connectivity index (χ4n) is 1.65. The van der Waals surface area contributed by atoms with Crippen molar-refractivity contribution < 1.29 is 14.3 Å². The van der Waals surface area contributed by atoms with Crippen molar-refractivity contribution in [2.24, 2.45) is 0 Å². The van der Waals surface area contributed by atoms with Gasteiger partial charge in [-0.3, -0.25) is 4.79 Å². The molecule has 1 aliphatic rings. The quantitative estimate of drug-likeness (QED) is 0.362. The molecule has 1 aliphatic heterocycles. The molecule has 0 radical (unpaired) electrons. The number of benzene rings is 1. The minimum absolute atomic E-state index is 0.219. The Hall–Kier alpha value is -0.620. The van der Waals surface area contributed by atoms with Crippen molar-refractivity contribution >= 4 is 28.6 Å². The number of methoxy groups -OCH3 is 1. The van der Waals surface area contributed by atoms with Gasteiger partial charge in [-0.2, -0.15) is 0 Å². The molecule has 0 spiro atoms. The molecule has 0 saturated heterocycles. The Morgan fingerprint density at radius 3 is 3.00 bits per heavy atom. The Morgan fingerprint density at radius 1 is 1.53 bits per heavy atom. The Balaban J connectivity index is 2.33. The van der Waals surface area contributed by atoms with Gasteiger partial charge >= 0.3 is 5.97 Å². The van der Waals surface area contributed by atoms with E-state index in [9.17, 15) is 4.79 Å². The minimum atomic E-state index is -0.582. The first-order chi connectivity index (χ1) is 7.15. The highest BCUT2D eigenvalue weighted by atomic mass is 127. The third-order valence-corrected chi connectivity index (χ3v) is 3.52. The molecule has 0 N–H and O–H groups in total. The summed E-state index contributed by atoms with van der Waals surface area (Å²) in [6, 6.07) is 7.60. The van der Waals surface area contributed by atoms with Crippen LogP contribution in [0.1, 0.15) is 5.56 Å². The van der Waals surface area contributed by atoms with E-state index < -0.39 is 3.42 Å². The lowest BCUT2D eigenvalue weighted by molar-refractivity contribution is -0.139. The molecule has 1 atom stereocenters. The topological polar surface area (TPSA) is 35.5 Å². The third kappa shape index (κ3) is 2.01. The molecule has 1 aromatic carbocycles. The van der Waals surface area contributed by atoms with Crippen LogP contribution in [0.2, 0.25) is 0 Å². The van der Waals surface area contributed by atoms with Crippen molar-refractivity contribution in [1.82, 2.24) is 0 Å². The monoisotopic (exact) mass is 318 g/mol. The lowest BCUT2D eigenvalue weighted by Gasteiger charge is -2.30. The van der Waals surface area contributed by atoms with E-state index in [1.54, 1.807) is 7.11 Å². The lowest BCUT2D eigenvalue weighted by Crippen LogP contribution is -2.44. The SMILES string of the molecule is COCC1(I)Cc2ccccc2OC1=O. The highest BCUT2D eigenvalue weighted by Crippen LogP contribution is 2.35. The fraction of sp³-hybridized carbons (Fsp3) is 0.364. The van der Waals surface area contributed by atoms with Crippen LogP contribution in [0.25, 0.3) is 0 Å². The number of rotatable bonds is 2. The van der Waals surface area contributed by atoms with Gasteiger partial charge in [0.05, 0.1) is 6.61 Å². The van der Waals surface area contributed by atoms with E-state index in [1.807, 2.05) is 24.3 Å². The number of fused-ring (bicyclic) bond motifs is 1. The van der Waals surface area contributed by atoms with Crippen molar-refractivity contribution in [2.45, 2.75) is 9.84 Å². The molecule has 1 heterocycles. The van der Waals surface area contributed by atoms with Crippen LogP contribution < -0.4 is 4.74 Å². The predicted octanol–water partition coefficient (Wildman–Crippen LogP) is 1.97. The van der Waals surface area contributed by atoms with Crippen LogP contribution >= 0.6 is 22.6 Å². The maximum absolute atomic E-state index is 11.8. The number of carbonyl (C=O) groups is 1. The Bertz CT molecular complexity index is 391. The molecule has 0 bridgehead atoms. The normalized spacial score (nSPS) is 24.5. The summed E-state index contributed by atoms with van der Waals surface area (Å²) in [6.07, 6.45) is 0.663. The van der Waals surface area contributed by atoms with Gasteiger partial charge < -0.3 is 9.47 Å². The Kier molecular flexibility index (Phi) is 2.97. The summed E-state index contributed by atoms with van der Waals surface area (Å²) < 4.78 is 9.75. The van der Waals surface area contributed by atoms with Gasteiger partial charge in [0.25, 0.3) is 0 Å². The molecule has 4 heteroatoms. The second kappa shape index (κ2) is 4.09. The van der Waals surface area contributed by atoms with Gasteiger partial charge in [0.15, 0.2) is 0 Å². The van der Waals surface area contributed by atoms with Crippen molar-refractivity contribution in [2.75, 3.05) is 13.7 Å². The van der Waals surface area contributed by atoms with Gasteiger partial charge in [-0.25, -0.2) is 0 Å². The third-order valence-electron chi connectivity index (χ3n) is 2.38. The Morgan fingerprint density at radius 2 is 2.27 bits per heavy atom. The van der Waals surface area contributed by atoms with Gasteiger partial charge in [0.1, 0.15) is 9.17 Å². The molecular weight excluding hydrogens is 307 g/mol. The second-order valence-corrected chi connectivity index (χ2v) is 5.64. The Labute approximate surface area is 102 Å². The number of para-hydroxylation sites is 1. The largest absolute Gasteiger partial charge is 0.425 e. The first-order valence-electron chi connectivity index (χ1n) is 4.64. The standard InChI is InChI=1S/C11H11IO3/c1-14-7-11(12)6-8-4-2-3-5-9(8)15-10(11)13/h2-5H,6-7H2,1H3. The summed E-state index contributed by atoms with van der Waals surface area (Å²) in [5, 5.41) is 0. The lowest BCUT2D eigenvalue weighted by atomic mass is 9.97. The second-order valence-electron chi connectivity index (χ2n) is 3.57. The average Bonchev–Trinajstić information content (AvgIpc) is 2.20. The summed E-state index contributed by atoms with van der Waals surface area (Å²) >= 11 is 2.11. The average molecular weight is 318 g/mol. The van der Waals surface area contributed by atoms with Gasteiger partial charge in [0.2, 0.25) is 0 Å². The van der Waals surface area contributed by atoms with Crippen molar-refractivity contribution in [3.8, 4) is 5.75 Å². The molecule has 2 rings (SSSR count). The van der Waals surface area contributed by atoms with Crippen LogP contribution in [0, 0.1) is 0 Å². The molecule has 0 aliphatic carbocycles. The summed E-state index contributed by atoms with van der Waals surface area (Å²) in [5.41, 5.74) is 1.06. The number of halogens is 1. The maximum atomic E-state index is 11.8. The van der Waals surface area contributed by atoms with E-state index in [0.29, 0.717) is 18.8 Å². The van der Waals surface area contributed by atoms with Gasteiger partial charge in [0, 0.05) is 13.5 Å². The van der Waals surface area contributed by atoms with E-state index in [2.05, 4.69) is 22.6 Å². The first-order valence-corrected chi connectivity index (χ1v) is 5.72. The fourth-order valence-corrected chi connectivity index (χ4v) is 2.49. The van der Waals surface area contributed by atoms with Crippen molar-refractivity contribution in [3.63, 3.8) is 0 Å². The minimum Gasteiger partial charge on any atom is -0.425 e. The molecule has 1 aromatic rings. The zero-order valence-electron chi connectivity index (χ0n) is 8.33. The smallest absolute Gasteiger partial charge is 0.330 e. The number of hydrogen-bond acceptors (Lipinski definition) is 3. The highest BCUT2D eigenvalue weighted by molar-refractivity contribution is 14.1. The number of esters is 1. The number of hydrogen-bond donors (Lipinski definition) is 0. The molecule has 0 saturated carbocycles. The van der Waals surface area contributed by atoms with Crippen molar-refractivity contribution in [3.05, 3.63) is 29.8 Å². The zero-order valence-corrected chi connectivity index (χ0v) is 10.5. The summed E-state index contributed by atoms with van der Waals surface area (Å²) in [7, 11) is 1.59. The predicted molar refractivity (Wildman–Crippen MR) is 64.4 cm³/mol. The van der Waals surface area contributed by atoms with Crippen molar-refractivity contribution in [1.29, 1.82) is 0 Å². The van der Waals surface area contributed by atoms with Gasteiger partial charge in [-0.15, -0.1) is 0 Å². The number of ether oxygens (including phenoxy) is 2. The highest BCUT2D eigenvalue weighted by Gasteiger charge is 2.42. The zero-order chi connectivity index (χ0) is 10.9. The summed E-state index contributed by atoms with van der Waals surface area (Å²) in [6.45, 7) is 0.376. The van der Waals surface area contributed by atoms with Crippen LogP contribution in [0.3, 0.4) is 0 Å². The number of alkyl halides is 1. The molecule has 15 heavy (non-hydrogen) atoms. The van der Waals surface area contributed by atoms with Crippen LogP contribution in [-0.4, -0.2) is 23.1 Å². The van der Waals surface area contributed by atoms with Crippen LogP contribution in [0.5, 0.6) is 5.75 Å². The van der Waals surface area contributed by atoms with E-state index in [4.69, 9.17) is 9.47 Å². The van der Waals surface area contributed by atoms with Gasteiger partial charge in [-0.1, -0.05) is 40.8 Å². The first kappa shape index (κ1) is 10.9. The van der Waals surface area contributed by atoms with E-state index in [1.165, 1.54) is 0 Å². The molecule has 80 valence electrons. The van der Waals surface area contributed by atoms with E-state index in [-0.39, 0.29) is 5.97 Å². The summed E-state index contributed by atoms with van der Waals surface area (Å²) in [5.74, 6) is 0.453. The molecule has 0 amide bonds. The maximum Gasteiger partial charge on any atom is 0.330 e. The van der Waals surface area contributed by atoms with Crippen LogP contribution in [-0.2, 0) is 16.0 Å². The van der Waals surface area contributed by atoms with Gasteiger partial charge in [-0.05, 0) is 11.6 Å². The molecule has 1 unspecified atom stereocenters. The van der Waals surface area contributed by atoms with Crippen LogP contribution in [0.15, 0.2) is 24.3 Å². The summed E-state index contributed by atoms with van der Waals surface area (Å²) in [4.78, 5) is 11.8. The number of carbonyl (C=O) groups excluding carboxylic acids is 1. The molecule has 3 nitrogen and oxygen atoms in total. The van der Waals surface area contributed by atoms with E-state index >= 15 is 0 Å². The molecular formula is C11H11IO3. The van der Waals surface area contributed by atoms with E-state index in [0.717, 1.165) is 5.56 Å².